The highest BCUT2D eigenvalue weighted by Gasteiger charge is 2.35. The summed E-state index contributed by atoms with van der Waals surface area (Å²) in [4.78, 5) is 2.76. The Kier molecular flexibility index (Phi) is 5.67. The van der Waals surface area contributed by atoms with Crippen molar-refractivity contribution in [1.82, 2.24) is 0 Å². The summed E-state index contributed by atoms with van der Waals surface area (Å²) in [5.74, 6) is 0.0463. The van der Waals surface area contributed by atoms with Crippen LogP contribution < -0.4 is 0 Å². The van der Waals surface area contributed by atoms with E-state index >= 15 is 0 Å². The second-order valence-corrected chi connectivity index (χ2v) is 13.3. The fourth-order valence-electron chi connectivity index (χ4n) is 8.07. The maximum absolute atomic E-state index is 2.42. The van der Waals surface area contributed by atoms with Crippen molar-refractivity contribution in [3.63, 3.8) is 0 Å². The van der Waals surface area contributed by atoms with E-state index in [4.69, 9.17) is 0 Å². The fraction of sp³-hybridized carbons (Fsp3) is 0.0222. The fourth-order valence-corrected chi connectivity index (χ4v) is 9.52. The maximum Gasteiger partial charge on any atom is 0.0381 e. The summed E-state index contributed by atoms with van der Waals surface area (Å²) in [6.07, 6.45) is 0. The van der Waals surface area contributed by atoms with Gasteiger partial charge in [0.25, 0.3) is 0 Å². The number of hydrogen-bond donors (Lipinski definition) is 0. The van der Waals surface area contributed by atoms with Crippen molar-refractivity contribution >= 4 is 65.6 Å². The molecule has 1 aliphatic heterocycles. The van der Waals surface area contributed by atoms with Gasteiger partial charge in [-0.25, -0.2) is 0 Å². The summed E-state index contributed by atoms with van der Waals surface area (Å²) in [5, 5.41) is 13.2. The van der Waals surface area contributed by atoms with Gasteiger partial charge < -0.3 is 0 Å². The lowest BCUT2D eigenvalue weighted by molar-refractivity contribution is 0.948. The van der Waals surface area contributed by atoms with E-state index in [0.29, 0.717) is 0 Å². The van der Waals surface area contributed by atoms with Crippen LogP contribution in [0.15, 0.2) is 174 Å². The lowest BCUT2D eigenvalue weighted by atomic mass is 9.76. The molecule has 9 aromatic rings. The predicted molar refractivity (Wildman–Crippen MR) is 197 cm³/mol. The quantitative estimate of drug-likeness (QED) is 0.178. The molecule has 0 spiro atoms. The summed E-state index contributed by atoms with van der Waals surface area (Å²) in [6.45, 7) is 0. The van der Waals surface area contributed by atoms with Crippen LogP contribution in [0.5, 0.6) is 0 Å². The van der Waals surface area contributed by atoms with Gasteiger partial charge in [-0.15, -0.1) is 0 Å². The van der Waals surface area contributed by atoms with Crippen molar-refractivity contribution in [1.29, 1.82) is 0 Å². The molecular weight excluding hydrogens is 573 g/mol. The van der Waals surface area contributed by atoms with E-state index in [1.807, 2.05) is 11.8 Å². The van der Waals surface area contributed by atoms with E-state index in [-0.39, 0.29) is 5.92 Å². The molecule has 1 aliphatic rings. The first-order valence-electron chi connectivity index (χ1n) is 16.0. The van der Waals surface area contributed by atoms with Gasteiger partial charge in [-0.1, -0.05) is 176 Å². The molecule has 9 aromatic carbocycles. The topological polar surface area (TPSA) is 0 Å². The van der Waals surface area contributed by atoms with Gasteiger partial charge in [0.2, 0.25) is 0 Å². The maximum atomic E-state index is 2.42. The van der Waals surface area contributed by atoms with Crippen LogP contribution in [0.4, 0.5) is 0 Å². The monoisotopic (exact) mass is 600 g/mol. The molecule has 0 fully saturated rings. The molecule has 0 saturated heterocycles. The Bertz CT molecular complexity index is 2540. The van der Waals surface area contributed by atoms with Crippen LogP contribution in [0, 0.1) is 0 Å². The van der Waals surface area contributed by atoms with Crippen molar-refractivity contribution in [3.05, 3.63) is 180 Å². The Morgan fingerprint density at radius 1 is 0.304 bits per heavy atom. The SMILES string of the molecule is c1ccc(-c2ccc(C3c4c(c5ccccc5c5ccccc45)Sc4c3c3ccccc3c3ccccc43)c3ccccc23)cc1. The number of hydrogen-bond acceptors (Lipinski definition) is 1. The molecule has 0 unspecified atom stereocenters. The highest BCUT2D eigenvalue weighted by molar-refractivity contribution is 8.00. The molecule has 0 nitrogen and oxygen atoms in total. The molecule has 0 atom stereocenters. The highest BCUT2D eigenvalue weighted by Crippen LogP contribution is 2.58. The summed E-state index contributed by atoms with van der Waals surface area (Å²) in [6, 6.07) is 60.8. The van der Waals surface area contributed by atoms with E-state index in [9.17, 15) is 0 Å². The first kappa shape index (κ1) is 25.9. The van der Waals surface area contributed by atoms with E-state index in [0.717, 1.165) is 0 Å². The van der Waals surface area contributed by atoms with Crippen LogP contribution in [-0.4, -0.2) is 0 Å². The van der Waals surface area contributed by atoms with Gasteiger partial charge in [0, 0.05) is 15.7 Å². The second-order valence-electron chi connectivity index (χ2n) is 12.3. The van der Waals surface area contributed by atoms with Gasteiger partial charge in [-0.2, -0.15) is 0 Å². The zero-order valence-corrected chi connectivity index (χ0v) is 25.9. The molecule has 0 saturated carbocycles. The molecule has 0 bridgehead atoms. The molecule has 0 aliphatic carbocycles. The molecule has 46 heavy (non-hydrogen) atoms. The van der Waals surface area contributed by atoms with Gasteiger partial charge in [0.05, 0.1) is 0 Å². The minimum Gasteiger partial charge on any atom is -0.0881 e. The first-order chi connectivity index (χ1) is 22.9. The third-order valence-electron chi connectivity index (χ3n) is 9.98. The van der Waals surface area contributed by atoms with Gasteiger partial charge in [0.15, 0.2) is 0 Å². The minimum atomic E-state index is 0.0463. The van der Waals surface area contributed by atoms with Crippen LogP contribution in [0.25, 0.3) is 65.0 Å². The highest BCUT2D eigenvalue weighted by atomic mass is 32.2. The predicted octanol–water partition coefficient (Wildman–Crippen LogP) is 12.8. The smallest absolute Gasteiger partial charge is 0.0381 e. The summed E-state index contributed by atoms with van der Waals surface area (Å²) < 4.78 is 0. The summed E-state index contributed by atoms with van der Waals surface area (Å²) in [7, 11) is 0. The molecule has 0 amide bonds. The van der Waals surface area contributed by atoms with Crippen LogP contribution in [-0.2, 0) is 0 Å². The zero-order valence-electron chi connectivity index (χ0n) is 25.1. The molecule has 1 heteroatoms. The normalized spacial score (nSPS) is 13.0. The Hall–Kier alpha value is -5.37. The Morgan fingerprint density at radius 2 is 0.696 bits per heavy atom. The molecule has 0 aromatic heterocycles. The molecule has 1 heterocycles. The Morgan fingerprint density at radius 3 is 1.22 bits per heavy atom. The molecule has 10 rings (SSSR count). The minimum absolute atomic E-state index is 0.0463. The molecular formula is C45H28S. The van der Waals surface area contributed by atoms with Gasteiger partial charge in [0.1, 0.15) is 0 Å². The zero-order chi connectivity index (χ0) is 30.2. The van der Waals surface area contributed by atoms with E-state index in [2.05, 4.69) is 164 Å². The molecule has 0 N–H and O–H groups in total. The third kappa shape index (κ3) is 3.64. The van der Waals surface area contributed by atoms with Crippen molar-refractivity contribution < 1.29 is 0 Å². The van der Waals surface area contributed by atoms with Crippen molar-refractivity contribution in [2.45, 2.75) is 15.7 Å². The van der Waals surface area contributed by atoms with Crippen LogP contribution in [0.1, 0.15) is 22.6 Å². The van der Waals surface area contributed by atoms with Gasteiger partial charge in [-0.05, 0) is 81.7 Å². The average molecular weight is 601 g/mol. The second kappa shape index (κ2) is 10.1. The average Bonchev–Trinajstić information content (AvgIpc) is 3.14. The number of benzene rings is 9. The van der Waals surface area contributed by atoms with Crippen LogP contribution >= 0.6 is 11.8 Å². The lowest BCUT2D eigenvalue weighted by Gasteiger charge is -2.34. The van der Waals surface area contributed by atoms with Gasteiger partial charge in [-0.3, -0.25) is 0 Å². The van der Waals surface area contributed by atoms with E-state index in [1.54, 1.807) is 0 Å². The van der Waals surface area contributed by atoms with Crippen LogP contribution in [0.3, 0.4) is 0 Å². The number of fused-ring (bicyclic) bond motifs is 13. The lowest BCUT2D eigenvalue weighted by Crippen LogP contribution is -2.13. The largest absolute Gasteiger partial charge is 0.0881 e. The van der Waals surface area contributed by atoms with E-state index < -0.39 is 0 Å². The summed E-state index contributed by atoms with van der Waals surface area (Å²) in [5.41, 5.74) is 6.73. The standard InChI is InChI=1S/C45H28S/c1-2-14-28(15-3-1)29-26-27-38(31-17-5-4-16-30(29)31)41-42-36-22-10-6-18-32(36)34-20-8-12-24-39(34)44(42)46-45-40-25-13-9-21-35(40)33-19-7-11-23-37(33)43(41)45/h1-27,41H. The van der Waals surface area contributed by atoms with Crippen molar-refractivity contribution in [3.8, 4) is 11.1 Å². The Labute approximate surface area is 271 Å². The van der Waals surface area contributed by atoms with Crippen molar-refractivity contribution in [2.24, 2.45) is 0 Å². The molecule has 214 valence electrons. The van der Waals surface area contributed by atoms with E-state index in [1.165, 1.54) is 91.5 Å². The molecule has 0 radical (unpaired) electrons. The summed E-state index contributed by atoms with van der Waals surface area (Å²) >= 11 is 1.97. The number of rotatable bonds is 2. The first-order valence-corrected chi connectivity index (χ1v) is 16.8. The van der Waals surface area contributed by atoms with Crippen molar-refractivity contribution in [2.75, 3.05) is 0 Å². The van der Waals surface area contributed by atoms with Crippen LogP contribution in [0.2, 0.25) is 0 Å². The van der Waals surface area contributed by atoms with Gasteiger partial charge >= 0.3 is 0 Å². The Balaban J connectivity index is 1.42. The third-order valence-corrected chi connectivity index (χ3v) is 11.3.